The van der Waals surface area contributed by atoms with Gasteiger partial charge in [-0.2, -0.15) is 0 Å². The predicted octanol–water partition coefficient (Wildman–Crippen LogP) is 7.45. The van der Waals surface area contributed by atoms with Crippen LogP contribution in [0.5, 0.6) is 0 Å². The molecule has 5 aromatic carbocycles. The number of benzene rings is 5. The zero-order valence-electron chi connectivity index (χ0n) is 15.6. The van der Waals surface area contributed by atoms with Gasteiger partial charge < -0.3 is 0 Å². The fourth-order valence-corrected chi connectivity index (χ4v) is 5.29. The lowest BCUT2D eigenvalue weighted by Crippen LogP contribution is -2.24. The number of hydrogen-bond acceptors (Lipinski definition) is 0. The van der Waals surface area contributed by atoms with Gasteiger partial charge in [-0.15, -0.1) is 0 Å². The van der Waals surface area contributed by atoms with Gasteiger partial charge in [0.05, 0.1) is 0 Å². The average molecular weight is 344 g/mol. The first-order valence-corrected chi connectivity index (χ1v) is 9.64. The molecule has 0 aliphatic heterocycles. The Bertz CT molecular complexity index is 1390. The Kier molecular flexibility index (Phi) is 2.77. The molecule has 0 saturated carbocycles. The summed E-state index contributed by atoms with van der Waals surface area (Å²) in [4.78, 5) is 0. The smallest absolute Gasteiger partial charge is 0.0171 e. The SMILES string of the molecule is CC1(C)c2c(ccc3ccccc23)-c2cccc3cc4ccccc4c1c23. The van der Waals surface area contributed by atoms with Crippen LogP contribution in [0.15, 0.2) is 84.9 Å². The third-order valence-electron chi connectivity index (χ3n) is 6.36. The molecular formula is C27H20. The Hall–Kier alpha value is -3.12. The summed E-state index contributed by atoms with van der Waals surface area (Å²) in [7, 11) is 0. The molecule has 0 fully saturated rings. The molecule has 6 rings (SSSR count). The summed E-state index contributed by atoms with van der Waals surface area (Å²) in [5.74, 6) is 0. The molecule has 0 nitrogen and oxygen atoms in total. The molecule has 1 aliphatic rings. The van der Waals surface area contributed by atoms with E-state index in [1.165, 1.54) is 54.6 Å². The van der Waals surface area contributed by atoms with Crippen LogP contribution in [0.25, 0.3) is 43.4 Å². The first-order valence-electron chi connectivity index (χ1n) is 9.64. The summed E-state index contributed by atoms with van der Waals surface area (Å²) in [5.41, 5.74) is 5.61. The van der Waals surface area contributed by atoms with Crippen LogP contribution in [0.4, 0.5) is 0 Å². The van der Waals surface area contributed by atoms with Gasteiger partial charge in [-0.3, -0.25) is 0 Å². The highest BCUT2D eigenvalue weighted by molar-refractivity contribution is 6.13. The van der Waals surface area contributed by atoms with E-state index in [1.807, 2.05) is 0 Å². The van der Waals surface area contributed by atoms with Gasteiger partial charge in [0.2, 0.25) is 0 Å². The van der Waals surface area contributed by atoms with Crippen molar-refractivity contribution in [3.63, 3.8) is 0 Å². The van der Waals surface area contributed by atoms with Crippen LogP contribution in [0.1, 0.15) is 25.0 Å². The van der Waals surface area contributed by atoms with Crippen LogP contribution in [0, 0.1) is 0 Å². The van der Waals surface area contributed by atoms with Crippen molar-refractivity contribution in [3.8, 4) is 11.1 Å². The van der Waals surface area contributed by atoms with Crippen molar-refractivity contribution in [2.24, 2.45) is 0 Å². The summed E-state index contributed by atoms with van der Waals surface area (Å²) in [6, 6.07) is 31.4. The minimum absolute atomic E-state index is 0.0658. The highest BCUT2D eigenvalue weighted by Gasteiger charge is 2.36. The molecular weight excluding hydrogens is 324 g/mol. The number of fused-ring (bicyclic) bond motifs is 6. The van der Waals surface area contributed by atoms with E-state index >= 15 is 0 Å². The molecule has 27 heavy (non-hydrogen) atoms. The zero-order chi connectivity index (χ0) is 18.2. The van der Waals surface area contributed by atoms with Gasteiger partial charge in [0.15, 0.2) is 0 Å². The largest absolute Gasteiger partial charge is 0.0616 e. The minimum Gasteiger partial charge on any atom is -0.0616 e. The average Bonchev–Trinajstić information content (AvgIpc) is 2.70. The summed E-state index contributed by atoms with van der Waals surface area (Å²) in [6.45, 7) is 4.80. The minimum atomic E-state index is -0.0658. The lowest BCUT2D eigenvalue weighted by atomic mass is 9.66. The first-order chi connectivity index (χ1) is 13.2. The molecule has 0 radical (unpaired) electrons. The van der Waals surface area contributed by atoms with Crippen molar-refractivity contribution in [1.29, 1.82) is 0 Å². The Labute approximate surface area is 159 Å². The van der Waals surface area contributed by atoms with Crippen LogP contribution in [-0.2, 0) is 5.41 Å². The van der Waals surface area contributed by atoms with Crippen LogP contribution < -0.4 is 0 Å². The quantitative estimate of drug-likeness (QED) is 0.256. The molecule has 0 atom stereocenters. The summed E-state index contributed by atoms with van der Waals surface area (Å²) in [6.07, 6.45) is 0. The predicted molar refractivity (Wildman–Crippen MR) is 117 cm³/mol. The van der Waals surface area contributed by atoms with Crippen molar-refractivity contribution >= 4 is 32.3 Å². The summed E-state index contributed by atoms with van der Waals surface area (Å²) in [5, 5.41) is 8.16. The van der Waals surface area contributed by atoms with Gasteiger partial charge in [0.1, 0.15) is 0 Å². The lowest BCUT2D eigenvalue weighted by molar-refractivity contribution is 0.657. The van der Waals surface area contributed by atoms with Crippen molar-refractivity contribution in [2.75, 3.05) is 0 Å². The second kappa shape index (κ2) is 4.98. The fourth-order valence-electron chi connectivity index (χ4n) is 5.29. The maximum absolute atomic E-state index is 2.40. The first kappa shape index (κ1) is 15.0. The normalized spacial score (nSPS) is 14.6. The summed E-state index contributed by atoms with van der Waals surface area (Å²) >= 11 is 0. The molecule has 0 saturated heterocycles. The second-order valence-electron chi connectivity index (χ2n) is 8.21. The van der Waals surface area contributed by atoms with Crippen LogP contribution in [0.3, 0.4) is 0 Å². The molecule has 0 spiro atoms. The molecule has 0 amide bonds. The van der Waals surface area contributed by atoms with E-state index < -0.39 is 0 Å². The number of rotatable bonds is 0. The van der Waals surface area contributed by atoms with Crippen molar-refractivity contribution in [1.82, 2.24) is 0 Å². The number of hydrogen-bond donors (Lipinski definition) is 0. The topological polar surface area (TPSA) is 0 Å². The second-order valence-corrected chi connectivity index (χ2v) is 8.21. The van der Waals surface area contributed by atoms with E-state index in [4.69, 9.17) is 0 Å². The molecule has 0 aromatic heterocycles. The van der Waals surface area contributed by atoms with Crippen molar-refractivity contribution in [2.45, 2.75) is 19.3 Å². The highest BCUT2D eigenvalue weighted by atomic mass is 14.4. The molecule has 5 aromatic rings. The maximum Gasteiger partial charge on any atom is 0.0171 e. The lowest BCUT2D eigenvalue weighted by Gasteiger charge is -2.37. The van der Waals surface area contributed by atoms with Gasteiger partial charge in [-0.25, -0.2) is 0 Å². The molecule has 0 heteroatoms. The van der Waals surface area contributed by atoms with Crippen LogP contribution in [-0.4, -0.2) is 0 Å². The fraction of sp³-hybridized carbons (Fsp3) is 0.111. The Balaban J connectivity index is 1.93. The third-order valence-corrected chi connectivity index (χ3v) is 6.36. The monoisotopic (exact) mass is 344 g/mol. The van der Waals surface area contributed by atoms with Crippen molar-refractivity contribution in [3.05, 3.63) is 96.1 Å². The highest BCUT2D eigenvalue weighted by Crippen LogP contribution is 2.52. The Morgan fingerprint density at radius 1 is 0.519 bits per heavy atom. The van der Waals surface area contributed by atoms with Gasteiger partial charge in [0, 0.05) is 5.41 Å². The maximum atomic E-state index is 2.40. The van der Waals surface area contributed by atoms with E-state index in [9.17, 15) is 0 Å². The van der Waals surface area contributed by atoms with Gasteiger partial charge >= 0.3 is 0 Å². The Morgan fingerprint density at radius 2 is 1.19 bits per heavy atom. The van der Waals surface area contributed by atoms with Gasteiger partial charge in [-0.1, -0.05) is 92.7 Å². The van der Waals surface area contributed by atoms with Crippen molar-refractivity contribution < 1.29 is 0 Å². The van der Waals surface area contributed by atoms with E-state index in [2.05, 4.69) is 98.8 Å². The standard InChI is InChI=1S/C27H20/c1-27(2)25-20-11-5-3-8-17(20)14-15-23(25)22-13-7-10-19-16-18-9-4-6-12-21(18)26(27)24(19)22/h3-16H,1-2H3. The van der Waals surface area contributed by atoms with E-state index in [0.29, 0.717) is 0 Å². The molecule has 0 heterocycles. The molecule has 0 bridgehead atoms. The zero-order valence-corrected chi connectivity index (χ0v) is 15.6. The Morgan fingerprint density at radius 3 is 2.00 bits per heavy atom. The van der Waals surface area contributed by atoms with E-state index in [-0.39, 0.29) is 5.41 Å². The van der Waals surface area contributed by atoms with Gasteiger partial charge in [-0.05, 0) is 60.6 Å². The van der Waals surface area contributed by atoms with Crippen LogP contribution in [0.2, 0.25) is 0 Å². The molecule has 0 N–H and O–H groups in total. The molecule has 1 aliphatic carbocycles. The van der Waals surface area contributed by atoms with Gasteiger partial charge in [0.25, 0.3) is 0 Å². The summed E-state index contributed by atoms with van der Waals surface area (Å²) < 4.78 is 0. The van der Waals surface area contributed by atoms with Crippen LogP contribution >= 0.6 is 0 Å². The van der Waals surface area contributed by atoms with E-state index in [1.54, 1.807) is 0 Å². The molecule has 128 valence electrons. The molecule has 0 unspecified atom stereocenters. The third kappa shape index (κ3) is 1.83. The van der Waals surface area contributed by atoms with E-state index in [0.717, 1.165) is 0 Å².